The first-order valence-electron chi connectivity index (χ1n) is 7.42. The molecule has 3 aromatic rings. The van der Waals surface area contributed by atoms with Gasteiger partial charge in [0.05, 0.1) is 24.8 Å². The smallest absolute Gasteiger partial charge is 0.210 e. The van der Waals surface area contributed by atoms with Gasteiger partial charge in [0.25, 0.3) is 0 Å². The molecule has 0 fully saturated rings. The Bertz CT molecular complexity index is 910. The first-order chi connectivity index (χ1) is 11.9. The number of nitrogens with zero attached hydrogens (tertiary/aromatic N) is 1. The Kier molecular flexibility index (Phi) is 4.78. The van der Waals surface area contributed by atoms with Crippen LogP contribution in [-0.4, -0.2) is 33.9 Å². The maximum atomic E-state index is 12.0. The Balaban J connectivity index is 2.16. The van der Waals surface area contributed by atoms with Crippen molar-refractivity contribution in [2.75, 3.05) is 20.5 Å². The van der Waals surface area contributed by atoms with E-state index in [1.807, 2.05) is 48.5 Å². The summed E-state index contributed by atoms with van der Waals surface area (Å²) < 4.78 is 34.4. The second kappa shape index (κ2) is 6.85. The van der Waals surface area contributed by atoms with Crippen molar-refractivity contribution in [3.05, 3.63) is 48.5 Å². The van der Waals surface area contributed by atoms with Crippen molar-refractivity contribution in [3.8, 4) is 33.2 Å². The van der Waals surface area contributed by atoms with Crippen LogP contribution >= 0.6 is 11.3 Å². The molecule has 0 atom stereocenters. The van der Waals surface area contributed by atoms with Gasteiger partial charge in [-0.15, -0.1) is 11.3 Å². The van der Waals surface area contributed by atoms with E-state index in [4.69, 9.17) is 9.47 Å². The number of benzene rings is 2. The fraction of sp³-hybridized carbons (Fsp3) is 0.167. The lowest BCUT2D eigenvalue weighted by molar-refractivity contribution is 0.414. The quantitative estimate of drug-likeness (QED) is 0.677. The third-order valence-corrected chi connectivity index (χ3v) is 6.42. The van der Waals surface area contributed by atoms with Gasteiger partial charge in [-0.05, 0) is 54.1 Å². The summed E-state index contributed by atoms with van der Waals surface area (Å²) in [6.07, 6.45) is 1.17. The largest absolute Gasteiger partial charge is 0.497 e. The number of hydrogen-bond donors (Lipinski definition) is 0. The lowest BCUT2D eigenvalue weighted by atomic mass is 10.1. The van der Waals surface area contributed by atoms with Crippen molar-refractivity contribution in [1.82, 2.24) is 4.98 Å². The first kappa shape index (κ1) is 17.4. The van der Waals surface area contributed by atoms with Crippen molar-refractivity contribution in [3.63, 3.8) is 0 Å². The molecule has 0 aliphatic rings. The summed E-state index contributed by atoms with van der Waals surface area (Å²) in [5.74, 6) is 1.47. The standard InChI is InChI=1S/C18H17NO4S2/c1-22-14-8-4-12(5-9-14)16-17(24-18(19-16)25(3,20)21)13-6-10-15(23-2)11-7-13/h4-11H,1-3H3. The third kappa shape index (κ3) is 3.67. The molecule has 0 amide bonds. The van der Waals surface area contributed by atoms with E-state index in [9.17, 15) is 8.42 Å². The number of aromatic nitrogens is 1. The average molecular weight is 375 g/mol. The van der Waals surface area contributed by atoms with Crippen LogP contribution < -0.4 is 9.47 Å². The summed E-state index contributed by atoms with van der Waals surface area (Å²) in [5.41, 5.74) is 2.36. The van der Waals surface area contributed by atoms with Crippen molar-refractivity contribution in [1.29, 1.82) is 0 Å². The highest BCUT2D eigenvalue weighted by molar-refractivity contribution is 7.92. The molecule has 0 saturated carbocycles. The molecular weight excluding hydrogens is 358 g/mol. The highest BCUT2D eigenvalue weighted by Gasteiger charge is 2.20. The third-order valence-electron chi connectivity index (χ3n) is 3.64. The van der Waals surface area contributed by atoms with Crippen LogP contribution in [0, 0.1) is 0 Å². The van der Waals surface area contributed by atoms with Gasteiger partial charge in [0.2, 0.25) is 14.2 Å². The molecule has 0 saturated heterocycles. The molecule has 0 radical (unpaired) electrons. The van der Waals surface area contributed by atoms with Crippen molar-refractivity contribution in [2.24, 2.45) is 0 Å². The molecule has 25 heavy (non-hydrogen) atoms. The Hall–Kier alpha value is -2.38. The van der Waals surface area contributed by atoms with E-state index in [0.717, 1.165) is 27.5 Å². The molecule has 1 aromatic heterocycles. The molecule has 7 heteroatoms. The number of methoxy groups -OCH3 is 2. The van der Waals surface area contributed by atoms with Gasteiger partial charge < -0.3 is 9.47 Å². The minimum atomic E-state index is -3.39. The van der Waals surface area contributed by atoms with Gasteiger partial charge in [-0.3, -0.25) is 0 Å². The van der Waals surface area contributed by atoms with Crippen molar-refractivity contribution in [2.45, 2.75) is 4.34 Å². The number of ether oxygens (including phenoxy) is 2. The molecule has 0 aliphatic carbocycles. The second-order valence-corrected chi connectivity index (χ2v) is 8.58. The van der Waals surface area contributed by atoms with Crippen LogP contribution in [0.1, 0.15) is 0 Å². The molecule has 0 spiro atoms. The Morgan fingerprint density at radius 3 is 1.76 bits per heavy atom. The highest BCUT2D eigenvalue weighted by Crippen LogP contribution is 2.39. The van der Waals surface area contributed by atoms with Crippen LogP contribution in [0.15, 0.2) is 52.9 Å². The fourth-order valence-electron chi connectivity index (χ4n) is 2.34. The van der Waals surface area contributed by atoms with Crippen molar-refractivity contribution < 1.29 is 17.9 Å². The van der Waals surface area contributed by atoms with Crippen molar-refractivity contribution >= 4 is 21.2 Å². The molecule has 0 aliphatic heterocycles. The Labute approximate surface area is 150 Å². The molecule has 3 rings (SSSR count). The molecule has 0 unspecified atom stereocenters. The molecule has 130 valence electrons. The van der Waals surface area contributed by atoms with Gasteiger partial charge in [-0.25, -0.2) is 13.4 Å². The average Bonchev–Trinajstić information content (AvgIpc) is 3.07. The number of sulfone groups is 1. The highest BCUT2D eigenvalue weighted by atomic mass is 32.2. The first-order valence-corrected chi connectivity index (χ1v) is 10.1. The maximum absolute atomic E-state index is 12.0. The fourth-order valence-corrected chi connectivity index (χ4v) is 4.28. The van der Waals surface area contributed by atoms with E-state index in [-0.39, 0.29) is 4.34 Å². The minimum Gasteiger partial charge on any atom is -0.497 e. The molecule has 0 N–H and O–H groups in total. The zero-order valence-electron chi connectivity index (χ0n) is 14.0. The van der Waals surface area contributed by atoms with E-state index in [1.54, 1.807) is 14.2 Å². The van der Waals surface area contributed by atoms with E-state index in [2.05, 4.69) is 4.98 Å². The monoisotopic (exact) mass is 375 g/mol. The van der Waals surface area contributed by atoms with Crippen LogP contribution in [0.5, 0.6) is 11.5 Å². The van der Waals surface area contributed by atoms with Gasteiger partial charge in [0, 0.05) is 11.8 Å². The number of thiazole rings is 1. The molecule has 1 heterocycles. The zero-order chi connectivity index (χ0) is 18.0. The molecule has 5 nitrogen and oxygen atoms in total. The van der Waals surface area contributed by atoms with Gasteiger partial charge >= 0.3 is 0 Å². The van der Waals surface area contributed by atoms with Crippen LogP contribution in [0.4, 0.5) is 0 Å². The number of rotatable bonds is 5. The predicted octanol–water partition coefficient (Wildman–Crippen LogP) is 3.90. The summed E-state index contributed by atoms with van der Waals surface area (Å²) >= 11 is 1.17. The van der Waals surface area contributed by atoms with E-state index in [1.165, 1.54) is 17.6 Å². The molecular formula is C18H17NO4S2. The van der Waals surface area contributed by atoms with Gasteiger partial charge in [-0.2, -0.15) is 0 Å². The van der Waals surface area contributed by atoms with E-state index < -0.39 is 9.84 Å². The molecule has 0 bridgehead atoms. The maximum Gasteiger partial charge on any atom is 0.210 e. The topological polar surface area (TPSA) is 65.5 Å². The zero-order valence-corrected chi connectivity index (χ0v) is 15.6. The lowest BCUT2D eigenvalue weighted by Gasteiger charge is -2.05. The van der Waals surface area contributed by atoms with Crippen LogP contribution in [-0.2, 0) is 9.84 Å². The lowest BCUT2D eigenvalue weighted by Crippen LogP contribution is -1.95. The summed E-state index contributed by atoms with van der Waals surface area (Å²) in [6.45, 7) is 0. The summed E-state index contributed by atoms with van der Waals surface area (Å²) in [6, 6.07) is 14.9. The second-order valence-electron chi connectivity index (χ2n) is 5.39. The SMILES string of the molecule is COc1ccc(-c2nc(S(C)(=O)=O)sc2-c2ccc(OC)cc2)cc1. The van der Waals surface area contributed by atoms with Gasteiger partial charge in [-0.1, -0.05) is 0 Å². The van der Waals surface area contributed by atoms with Crippen LogP contribution in [0.3, 0.4) is 0 Å². The summed E-state index contributed by atoms with van der Waals surface area (Å²) in [7, 11) is -0.185. The minimum absolute atomic E-state index is 0.101. The van der Waals surface area contributed by atoms with Crippen LogP contribution in [0.2, 0.25) is 0 Å². The van der Waals surface area contributed by atoms with Crippen LogP contribution in [0.25, 0.3) is 21.7 Å². The predicted molar refractivity (Wildman–Crippen MR) is 99.2 cm³/mol. The van der Waals surface area contributed by atoms with Gasteiger partial charge in [0.1, 0.15) is 11.5 Å². The summed E-state index contributed by atoms with van der Waals surface area (Å²) in [4.78, 5) is 5.18. The normalized spacial score (nSPS) is 11.3. The number of hydrogen-bond acceptors (Lipinski definition) is 6. The Morgan fingerprint density at radius 2 is 1.32 bits per heavy atom. The van der Waals surface area contributed by atoms with Gasteiger partial charge in [0.15, 0.2) is 0 Å². The molecule has 2 aromatic carbocycles. The summed E-state index contributed by atoms with van der Waals surface area (Å²) in [5, 5.41) is 0. The Morgan fingerprint density at radius 1 is 0.840 bits per heavy atom. The van der Waals surface area contributed by atoms with E-state index >= 15 is 0 Å². The van der Waals surface area contributed by atoms with E-state index in [0.29, 0.717) is 5.69 Å².